The van der Waals surface area contributed by atoms with E-state index in [0.717, 1.165) is 24.2 Å². The SMILES string of the molecule is CCCCC(=O)NCc1cccc(OC)c1. The minimum Gasteiger partial charge on any atom is -0.497 e. The van der Waals surface area contributed by atoms with Gasteiger partial charge in [0.25, 0.3) is 0 Å². The van der Waals surface area contributed by atoms with E-state index in [2.05, 4.69) is 12.2 Å². The Labute approximate surface area is 96.8 Å². The highest BCUT2D eigenvalue weighted by Gasteiger charge is 2.00. The highest BCUT2D eigenvalue weighted by atomic mass is 16.5. The third kappa shape index (κ3) is 4.34. The molecule has 1 rings (SSSR count). The second-order valence-corrected chi connectivity index (χ2v) is 3.73. The van der Waals surface area contributed by atoms with E-state index in [1.54, 1.807) is 7.11 Å². The van der Waals surface area contributed by atoms with Gasteiger partial charge in [-0.15, -0.1) is 0 Å². The highest BCUT2D eigenvalue weighted by Crippen LogP contribution is 2.12. The van der Waals surface area contributed by atoms with E-state index in [1.807, 2.05) is 24.3 Å². The van der Waals surface area contributed by atoms with Crippen molar-refractivity contribution in [1.29, 1.82) is 0 Å². The third-order valence-electron chi connectivity index (χ3n) is 2.38. The summed E-state index contributed by atoms with van der Waals surface area (Å²) < 4.78 is 5.11. The molecule has 0 unspecified atom stereocenters. The molecule has 1 aromatic rings. The van der Waals surface area contributed by atoms with Gasteiger partial charge in [0.05, 0.1) is 7.11 Å². The maximum atomic E-state index is 11.4. The van der Waals surface area contributed by atoms with Crippen molar-refractivity contribution in [2.24, 2.45) is 0 Å². The van der Waals surface area contributed by atoms with Crippen LogP contribution in [0.1, 0.15) is 31.7 Å². The predicted molar refractivity (Wildman–Crippen MR) is 64.4 cm³/mol. The second kappa shape index (κ2) is 6.88. The van der Waals surface area contributed by atoms with Crippen molar-refractivity contribution in [2.75, 3.05) is 7.11 Å². The zero-order chi connectivity index (χ0) is 11.8. The Kier molecular flexibility index (Phi) is 5.40. The number of carbonyl (C=O) groups excluding carboxylic acids is 1. The Morgan fingerprint density at radius 2 is 2.25 bits per heavy atom. The molecule has 0 aliphatic carbocycles. The molecule has 0 bridgehead atoms. The lowest BCUT2D eigenvalue weighted by molar-refractivity contribution is -0.121. The standard InChI is InChI=1S/C13H19NO2/c1-3-4-8-13(15)14-10-11-6-5-7-12(9-11)16-2/h5-7,9H,3-4,8,10H2,1-2H3,(H,14,15). The predicted octanol–water partition coefficient (Wildman–Crippen LogP) is 2.50. The summed E-state index contributed by atoms with van der Waals surface area (Å²) in [6, 6.07) is 7.72. The molecule has 0 aliphatic heterocycles. The molecular weight excluding hydrogens is 202 g/mol. The van der Waals surface area contributed by atoms with Crippen LogP contribution in [0.15, 0.2) is 24.3 Å². The summed E-state index contributed by atoms with van der Waals surface area (Å²) in [4.78, 5) is 11.4. The maximum Gasteiger partial charge on any atom is 0.220 e. The maximum absolute atomic E-state index is 11.4. The van der Waals surface area contributed by atoms with E-state index in [1.165, 1.54) is 0 Å². The van der Waals surface area contributed by atoms with Gasteiger partial charge in [-0.25, -0.2) is 0 Å². The number of unbranched alkanes of at least 4 members (excludes halogenated alkanes) is 1. The van der Waals surface area contributed by atoms with Crippen molar-refractivity contribution >= 4 is 5.91 Å². The smallest absolute Gasteiger partial charge is 0.220 e. The van der Waals surface area contributed by atoms with Crippen LogP contribution in [0.4, 0.5) is 0 Å². The Balaban J connectivity index is 2.38. The number of benzene rings is 1. The van der Waals surface area contributed by atoms with E-state index in [-0.39, 0.29) is 5.91 Å². The van der Waals surface area contributed by atoms with Crippen LogP contribution in [-0.2, 0) is 11.3 Å². The third-order valence-corrected chi connectivity index (χ3v) is 2.38. The molecule has 0 aromatic heterocycles. The fourth-order valence-electron chi connectivity index (χ4n) is 1.41. The van der Waals surface area contributed by atoms with Crippen LogP contribution >= 0.6 is 0 Å². The van der Waals surface area contributed by atoms with Crippen LogP contribution in [0.2, 0.25) is 0 Å². The quantitative estimate of drug-likeness (QED) is 0.801. The lowest BCUT2D eigenvalue weighted by atomic mass is 10.2. The summed E-state index contributed by atoms with van der Waals surface area (Å²) in [5.74, 6) is 0.935. The highest BCUT2D eigenvalue weighted by molar-refractivity contribution is 5.75. The van der Waals surface area contributed by atoms with Gasteiger partial charge in [0.1, 0.15) is 5.75 Å². The number of hydrogen-bond acceptors (Lipinski definition) is 2. The number of rotatable bonds is 6. The zero-order valence-corrected chi connectivity index (χ0v) is 9.95. The van der Waals surface area contributed by atoms with Gasteiger partial charge in [-0.3, -0.25) is 4.79 Å². The van der Waals surface area contributed by atoms with Gasteiger partial charge in [-0.1, -0.05) is 25.5 Å². The largest absolute Gasteiger partial charge is 0.497 e. The first kappa shape index (κ1) is 12.6. The Morgan fingerprint density at radius 3 is 2.94 bits per heavy atom. The number of methoxy groups -OCH3 is 1. The summed E-state index contributed by atoms with van der Waals surface area (Å²) in [6.07, 6.45) is 2.61. The Bertz CT molecular complexity index is 336. The molecule has 1 aromatic carbocycles. The number of nitrogens with one attached hydrogen (secondary N) is 1. The molecule has 1 amide bonds. The van der Waals surface area contributed by atoms with E-state index in [4.69, 9.17) is 4.74 Å². The van der Waals surface area contributed by atoms with Crippen molar-refractivity contribution in [1.82, 2.24) is 5.32 Å². The van der Waals surface area contributed by atoms with Crippen LogP contribution in [-0.4, -0.2) is 13.0 Å². The molecule has 0 heterocycles. The van der Waals surface area contributed by atoms with Crippen LogP contribution < -0.4 is 10.1 Å². The molecule has 0 saturated heterocycles. The Hall–Kier alpha value is -1.51. The number of amides is 1. The summed E-state index contributed by atoms with van der Waals surface area (Å²) >= 11 is 0. The van der Waals surface area contributed by atoms with Gasteiger partial charge in [0, 0.05) is 13.0 Å². The molecule has 0 radical (unpaired) electrons. The summed E-state index contributed by atoms with van der Waals surface area (Å²) in [5.41, 5.74) is 1.06. The lowest BCUT2D eigenvalue weighted by Gasteiger charge is -2.06. The molecule has 0 atom stereocenters. The lowest BCUT2D eigenvalue weighted by Crippen LogP contribution is -2.22. The van der Waals surface area contributed by atoms with Gasteiger partial charge in [0.15, 0.2) is 0 Å². The molecule has 3 heteroatoms. The molecule has 0 spiro atoms. The Morgan fingerprint density at radius 1 is 1.44 bits per heavy atom. The van der Waals surface area contributed by atoms with Crippen LogP contribution in [0.5, 0.6) is 5.75 Å². The van der Waals surface area contributed by atoms with E-state index in [0.29, 0.717) is 13.0 Å². The molecule has 0 aliphatic rings. The molecular formula is C13H19NO2. The van der Waals surface area contributed by atoms with Crippen molar-refractivity contribution in [2.45, 2.75) is 32.7 Å². The van der Waals surface area contributed by atoms with E-state index in [9.17, 15) is 4.79 Å². The summed E-state index contributed by atoms with van der Waals surface area (Å²) in [6.45, 7) is 2.65. The summed E-state index contributed by atoms with van der Waals surface area (Å²) in [5, 5.41) is 2.89. The number of ether oxygens (including phenoxy) is 1. The van der Waals surface area contributed by atoms with Gasteiger partial charge in [-0.2, -0.15) is 0 Å². The first-order chi connectivity index (χ1) is 7.76. The second-order valence-electron chi connectivity index (χ2n) is 3.73. The van der Waals surface area contributed by atoms with Crippen molar-refractivity contribution < 1.29 is 9.53 Å². The fourth-order valence-corrected chi connectivity index (χ4v) is 1.41. The first-order valence-electron chi connectivity index (χ1n) is 5.66. The molecule has 16 heavy (non-hydrogen) atoms. The molecule has 3 nitrogen and oxygen atoms in total. The minimum atomic E-state index is 0.115. The average molecular weight is 221 g/mol. The topological polar surface area (TPSA) is 38.3 Å². The van der Waals surface area contributed by atoms with E-state index >= 15 is 0 Å². The number of carbonyl (C=O) groups is 1. The van der Waals surface area contributed by atoms with E-state index < -0.39 is 0 Å². The zero-order valence-electron chi connectivity index (χ0n) is 9.95. The van der Waals surface area contributed by atoms with Crippen molar-refractivity contribution in [3.8, 4) is 5.75 Å². The normalized spacial score (nSPS) is 9.88. The van der Waals surface area contributed by atoms with Crippen LogP contribution in [0.3, 0.4) is 0 Å². The molecule has 0 saturated carbocycles. The average Bonchev–Trinajstić information content (AvgIpc) is 2.34. The van der Waals surface area contributed by atoms with Gasteiger partial charge < -0.3 is 10.1 Å². The minimum absolute atomic E-state index is 0.115. The van der Waals surface area contributed by atoms with Crippen molar-refractivity contribution in [3.63, 3.8) is 0 Å². The summed E-state index contributed by atoms with van der Waals surface area (Å²) in [7, 11) is 1.64. The first-order valence-corrected chi connectivity index (χ1v) is 5.66. The molecule has 1 N–H and O–H groups in total. The fraction of sp³-hybridized carbons (Fsp3) is 0.462. The molecule has 88 valence electrons. The van der Waals surface area contributed by atoms with Crippen LogP contribution in [0, 0.1) is 0 Å². The van der Waals surface area contributed by atoms with Gasteiger partial charge in [-0.05, 0) is 24.1 Å². The monoisotopic (exact) mass is 221 g/mol. The van der Waals surface area contributed by atoms with Gasteiger partial charge in [0.2, 0.25) is 5.91 Å². The molecule has 0 fully saturated rings. The number of hydrogen-bond donors (Lipinski definition) is 1. The van der Waals surface area contributed by atoms with Gasteiger partial charge >= 0.3 is 0 Å². The van der Waals surface area contributed by atoms with Crippen molar-refractivity contribution in [3.05, 3.63) is 29.8 Å². The van der Waals surface area contributed by atoms with Crippen LogP contribution in [0.25, 0.3) is 0 Å².